The molecule has 0 bridgehead atoms. The van der Waals surface area contributed by atoms with E-state index < -0.39 is 0 Å². The number of carbonyl (C=O) groups is 1. The Bertz CT molecular complexity index is 654. The highest BCUT2D eigenvalue weighted by molar-refractivity contribution is 7.15. The van der Waals surface area contributed by atoms with E-state index in [4.69, 9.17) is 0 Å². The highest BCUT2D eigenvalue weighted by atomic mass is 32.1. The van der Waals surface area contributed by atoms with Gasteiger partial charge in [-0.25, -0.2) is 0 Å². The highest BCUT2D eigenvalue weighted by Gasteiger charge is 2.12. The fourth-order valence-corrected chi connectivity index (χ4v) is 3.21. The van der Waals surface area contributed by atoms with Crippen molar-refractivity contribution in [3.63, 3.8) is 0 Å². The first-order valence-corrected chi connectivity index (χ1v) is 7.20. The Kier molecular flexibility index (Phi) is 3.22. The summed E-state index contributed by atoms with van der Waals surface area (Å²) in [6.07, 6.45) is 3.21. The fourth-order valence-electron chi connectivity index (χ4n) is 2.27. The zero-order chi connectivity index (χ0) is 13.2. The number of ketones is 1. The molecule has 1 aliphatic rings. The van der Waals surface area contributed by atoms with Gasteiger partial charge in [0.25, 0.3) is 0 Å². The van der Waals surface area contributed by atoms with Crippen molar-refractivity contribution in [1.82, 2.24) is 0 Å². The second kappa shape index (κ2) is 5.02. The maximum Gasteiger partial charge on any atom is 0.169 e. The molecule has 2 aromatic rings. The van der Waals surface area contributed by atoms with Crippen molar-refractivity contribution in [1.29, 1.82) is 0 Å². The van der Waals surface area contributed by atoms with Crippen molar-refractivity contribution < 1.29 is 4.79 Å². The highest BCUT2D eigenvalue weighted by Crippen LogP contribution is 2.32. The summed E-state index contributed by atoms with van der Waals surface area (Å²) in [5, 5.41) is 3.44. The van der Waals surface area contributed by atoms with Gasteiger partial charge in [-0.05, 0) is 48.8 Å². The number of hydrogen-bond donors (Lipinski definition) is 1. The lowest BCUT2D eigenvalue weighted by Crippen LogP contribution is -2.00. The van der Waals surface area contributed by atoms with Crippen molar-refractivity contribution in [2.75, 3.05) is 11.9 Å². The SMILES string of the molecule is CC(=O)c1ccc(C2=Cc3ccccc3NCC2)s1. The minimum absolute atomic E-state index is 0.143. The topological polar surface area (TPSA) is 29.1 Å². The van der Waals surface area contributed by atoms with Crippen LogP contribution in [-0.2, 0) is 0 Å². The normalized spacial score (nSPS) is 14.1. The monoisotopic (exact) mass is 269 g/mol. The van der Waals surface area contributed by atoms with Crippen LogP contribution in [0.3, 0.4) is 0 Å². The Morgan fingerprint density at radius 3 is 2.84 bits per heavy atom. The molecule has 0 radical (unpaired) electrons. The molecule has 19 heavy (non-hydrogen) atoms. The first-order chi connectivity index (χ1) is 9.24. The summed E-state index contributed by atoms with van der Waals surface area (Å²) < 4.78 is 0. The van der Waals surface area contributed by atoms with Gasteiger partial charge in [-0.3, -0.25) is 4.79 Å². The Balaban J connectivity index is 2.00. The van der Waals surface area contributed by atoms with Crippen molar-refractivity contribution in [2.45, 2.75) is 13.3 Å². The van der Waals surface area contributed by atoms with E-state index in [1.807, 2.05) is 12.1 Å². The van der Waals surface area contributed by atoms with Crippen LogP contribution in [0.4, 0.5) is 5.69 Å². The van der Waals surface area contributed by atoms with Crippen LogP contribution in [0.25, 0.3) is 11.6 Å². The van der Waals surface area contributed by atoms with Crippen LogP contribution < -0.4 is 5.32 Å². The van der Waals surface area contributed by atoms with E-state index >= 15 is 0 Å². The van der Waals surface area contributed by atoms with Gasteiger partial charge in [0, 0.05) is 17.1 Å². The molecule has 1 N–H and O–H groups in total. The van der Waals surface area contributed by atoms with E-state index in [0.29, 0.717) is 0 Å². The summed E-state index contributed by atoms with van der Waals surface area (Å²) >= 11 is 1.59. The van der Waals surface area contributed by atoms with E-state index in [1.54, 1.807) is 18.3 Å². The number of carbonyl (C=O) groups excluding carboxylic acids is 1. The van der Waals surface area contributed by atoms with Gasteiger partial charge < -0.3 is 5.32 Å². The molecular weight excluding hydrogens is 254 g/mol. The Morgan fingerprint density at radius 2 is 2.05 bits per heavy atom. The van der Waals surface area contributed by atoms with Crippen molar-refractivity contribution in [3.05, 3.63) is 51.7 Å². The summed E-state index contributed by atoms with van der Waals surface area (Å²) in [6.45, 7) is 2.55. The molecule has 0 saturated carbocycles. The zero-order valence-corrected chi connectivity index (χ0v) is 11.6. The maximum atomic E-state index is 11.4. The Hall–Kier alpha value is -1.87. The Morgan fingerprint density at radius 1 is 1.21 bits per heavy atom. The van der Waals surface area contributed by atoms with Gasteiger partial charge in [0.15, 0.2) is 5.78 Å². The molecule has 2 heterocycles. The molecule has 1 aromatic heterocycles. The van der Waals surface area contributed by atoms with Gasteiger partial charge >= 0.3 is 0 Å². The minimum atomic E-state index is 0.143. The molecule has 0 unspecified atom stereocenters. The number of fused-ring (bicyclic) bond motifs is 1. The van der Waals surface area contributed by atoms with Crippen molar-refractivity contribution in [3.8, 4) is 0 Å². The molecule has 3 heteroatoms. The summed E-state index contributed by atoms with van der Waals surface area (Å²) in [6, 6.07) is 12.3. The van der Waals surface area contributed by atoms with Gasteiger partial charge in [0.1, 0.15) is 0 Å². The average molecular weight is 269 g/mol. The van der Waals surface area contributed by atoms with Crippen molar-refractivity contribution >= 4 is 34.5 Å². The minimum Gasteiger partial charge on any atom is -0.384 e. The average Bonchev–Trinajstić information content (AvgIpc) is 2.80. The smallest absolute Gasteiger partial charge is 0.169 e. The van der Waals surface area contributed by atoms with Crippen LogP contribution in [-0.4, -0.2) is 12.3 Å². The van der Waals surface area contributed by atoms with Crippen LogP contribution >= 0.6 is 11.3 Å². The molecule has 0 saturated heterocycles. The number of Topliss-reactive ketones (excluding diaryl/α,β-unsaturated/α-hetero) is 1. The summed E-state index contributed by atoms with van der Waals surface area (Å²) in [5.41, 5.74) is 3.70. The first kappa shape index (κ1) is 12.2. The first-order valence-electron chi connectivity index (χ1n) is 6.38. The largest absolute Gasteiger partial charge is 0.384 e. The van der Waals surface area contributed by atoms with Gasteiger partial charge in [0.2, 0.25) is 0 Å². The number of thiophene rings is 1. The summed E-state index contributed by atoms with van der Waals surface area (Å²) in [5.74, 6) is 0.143. The molecule has 0 atom stereocenters. The number of benzene rings is 1. The van der Waals surface area contributed by atoms with E-state index in [2.05, 4.69) is 35.7 Å². The van der Waals surface area contributed by atoms with Crippen LogP contribution in [0, 0.1) is 0 Å². The fraction of sp³-hybridized carbons (Fsp3) is 0.188. The van der Waals surface area contributed by atoms with E-state index in [-0.39, 0.29) is 5.78 Å². The van der Waals surface area contributed by atoms with Gasteiger partial charge in [-0.15, -0.1) is 11.3 Å². The van der Waals surface area contributed by atoms with Gasteiger partial charge in [0.05, 0.1) is 4.88 Å². The van der Waals surface area contributed by atoms with Gasteiger partial charge in [-0.1, -0.05) is 18.2 Å². The summed E-state index contributed by atoms with van der Waals surface area (Å²) in [7, 11) is 0. The van der Waals surface area contributed by atoms with Crippen LogP contribution in [0.5, 0.6) is 0 Å². The number of rotatable bonds is 2. The van der Waals surface area contributed by atoms with E-state index in [9.17, 15) is 4.79 Å². The lowest BCUT2D eigenvalue weighted by Gasteiger charge is -2.04. The van der Waals surface area contributed by atoms with Crippen molar-refractivity contribution in [2.24, 2.45) is 0 Å². The second-order valence-corrected chi connectivity index (χ2v) is 5.74. The van der Waals surface area contributed by atoms with E-state index in [1.165, 1.54) is 21.7 Å². The molecule has 0 amide bonds. The van der Waals surface area contributed by atoms with Crippen LogP contribution in [0.2, 0.25) is 0 Å². The predicted molar refractivity (Wildman–Crippen MR) is 81.7 cm³/mol. The number of para-hydroxylation sites is 1. The molecule has 0 aliphatic carbocycles. The summed E-state index contributed by atoms with van der Waals surface area (Å²) in [4.78, 5) is 13.4. The third kappa shape index (κ3) is 2.47. The standard InChI is InChI=1S/C16H15NOS/c1-11(18)15-6-7-16(19-15)13-8-9-17-14-5-3-2-4-12(14)10-13/h2-7,10,17H,8-9H2,1H3. The lowest BCUT2D eigenvalue weighted by molar-refractivity contribution is 0.102. The zero-order valence-electron chi connectivity index (χ0n) is 10.8. The lowest BCUT2D eigenvalue weighted by atomic mass is 10.1. The van der Waals surface area contributed by atoms with Gasteiger partial charge in [-0.2, -0.15) is 0 Å². The number of anilines is 1. The van der Waals surface area contributed by atoms with E-state index in [0.717, 1.165) is 17.8 Å². The molecule has 3 rings (SSSR count). The van der Waals surface area contributed by atoms with Crippen LogP contribution in [0.1, 0.15) is 33.5 Å². The molecule has 1 aliphatic heterocycles. The maximum absolute atomic E-state index is 11.4. The molecule has 2 nitrogen and oxygen atoms in total. The third-order valence-electron chi connectivity index (χ3n) is 3.27. The molecular formula is C16H15NOS. The molecule has 0 spiro atoms. The second-order valence-electron chi connectivity index (χ2n) is 4.65. The molecule has 0 fully saturated rings. The third-order valence-corrected chi connectivity index (χ3v) is 4.53. The number of hydrogen-bond acceptors (Lipinski definition) is 3. The molecule has 1 aromatic carbocycles. The number of nitrogens with one attached hydrogen (secondary N) is 1. The predicted octanol–water partition coefficient (Wildman–Crippen LogP) is 4.31. The molecule has 96 valence electrons. The quantitative estimate of drug-likeness (QED) is 0.823. The van der Waals surface area contributed by atoms with Crippen LogP contribution in [0.15, 0.2) is 36.4 Å². The Labute approximate surface area is 116 Å².